The number of hydrogen-bond acceptors (Lipinski definition) is 9. The lowest BCUT2D eigenvalue weighted by molar-refractivity contribution is 0.0835. The number of nitrogens with one attached hydrogen (secondary N) is 1. The summed E-state index contributed by atoms with van der Waals surface area (Å²) in [6.07, 6.45) is 10.0. The summed E-state index contributed by atoms with van der Waals surface area (Å²) in [5, 5.41) is -0.601. The fraction of sp³-hybridized carbons (Fsp3) is 1.00. The van der Waals surface area contributed by atoms with Gasteiger partial charge in [0.1, 0.15) is 0 Å². The van der Waals surface area contributed by atoms with Crippen molar-refractivity contribution in [1.82, 2.24) is 33.5 Å². The number of hydrogen-bond donors (Lipinski definition) is 1. The molecule has 0 aromatic heterocycles. The SMILES string of the molecule is CC(C)N(C)CC1CCN(C2CCN(S(=O)(=O)C(C)C)CC2)CC1.CCC(C)N1CCC(CN2CCN(CCCNS(=O)(=O)C(C)CC)CC2)CC1.[HH]. The Morgan fingerprint density at radius 3 is 1.79 bits per heavy atom. The van der Waals surface area contributed by atoms with Crippen LogP contribution in [0.3, 0.4) is 0 Å². The Kier molecular flexibility index (Phi) is 19.8. The highest BCUT2D eigenvalue weighted by atomic mass is 32.2. The van der Waals surface area contributed by atoms with Gasteiger partial charge in [0.25, 0.3) is 0 Å². The Morgan fingerprint density at radius 1 is 0.712 bits per heavy atom. The molecule has 4 heterocycles. The minimum atomic E-state index is -3.13. The third kappa shape index (κ3) is 14.6. The van der Waals surface area contributed by atoms with Gasteiger partial charge in [0.05, 0.1) is 10.5 Å². The third-order valence-corrected chi connectivity index (χ3v) is 17.2. The molecule has 11 nitrogen and oxygen atoms in total. The van der Waals surface area contributed by atoms with Crippen LogP contribution in [0.15, 0.2) is 0 Å². The zero-order valence-electron chi connectivity index (χ0n) is 34.9. The van der Waals surface area contributed by atoms with Crippen molar-refractivity contribution in [3.63, 3.8) is 0 Å². The molecule has 0 amide bonds. The van der Waals surface area contributed by atoms with Gasteiger partial charge in [-0.15, -0.1) is 0 Å². The lowest BCUT2D eigenvalue weighted by Gasteiger charge is -2.42. The number of piperidine rings is 3. The van der Waals surface area contributed by atoms with Gasteiger partial charge in [0, 0.05) is 78.5 Å². The van der Waals surface area contributed by atoms with Crippen LogP contribution < -0.4 is 4.72 Å². The van der Waals surface area contributed by atoms with Gasteiger partial charge in [0.2, 0.25) is 20.0 Å². The minimum absolute atomic E-state index is 0. The smallest absolute Gasteiger partial charge is 0.216 e. The molecule has 310 valence electrons. The standard InChI is InChI=1S/C21H44N4O2S.C18H37N3O2S.H2/c1-5-19(3)25-12-8-21(9-13-25)18-24-16-14-23(15-17-24)11-7-10-22-28(26,27)20(4)6-2;1-15(2)19(5)14-17-6-10-20(11-7-17)18-8-12-21(13-9-18)24(22,23)16(3)4;/h19-22H,5-18H2,1-4H3;15-18H,6-14H2,1-5H3;1H. The summed E-state index contributed by atoms with van der Waals surface area (Å²) < 4.78 is 53.0. The quantitative estimate of drug-likeness (QED) is 0.211. The number of piperazine rings is 1. The second kappa shape index (κ2) is 22.4. The zero-order valence-corrected chi connectivity index (χ0v) is 36.6. The van der Waals surface area contributed by atoms with E-state index in [2.05, 4.69) is 64.0 Å². The monoisotopic (exact) mass is 778 g/mol. The van der Waals surface area contributed by atoms with Gasteiger partial charge in [0.15, 0.2) is 0 Å². The van der Waals surface area contributed by atoms with Crippen LogP contribution in [0.25, 0.3) is 0 Å². The fourth-order valence-electron chi connectivity index (χ4n) is 8.15. The normalized spacial score (nSPS) is 23.7. The van der Waals surface area contributed by atoms with Crippen LogP contribution in [-0.2, 0) is 20.0 Å². The van der Waals surface area contributed by atoms with E-state index in [-0.39, 0.29) is 11.9 Å². The molecule has 2 unspecified atom stereocenters. The highest BCUT2D eigenvalue weighted by Gasteiger charge is 2.34. The van der Waals surface area contributed by atoms with Crippen molar-refractivity contribution in [2.45, 2.75) is 142 Å². The Balaban J connectivity index is 0.000000364. The Labute approximate surface area is 323 Å². The molecule has 4 aliphatic heterocycles. The summed E-state index contributed by atoms with van der Waals surface area (Å²) >= 11 is 0. The largest absolute Gasteiger partial charge is 0.304 e. The lowest BCUT2D eigenvalue weighted by Crippen LogP contribution is -2.50. The molecule has 0 saturated carbocycles. The number of sulfonamides is 2. The molecule has 0 aromatic carbocycles. The number of nitrogens with zero attached hydrogens (tertiary/aromatic N) is 6. The molecular weight excluding hydrogens is 695 g/mol. The van der Waals surface area contributed by atoms with Crippen molar-refractivity contribution in [2.24, 2.45) is 11.8 Å². The summed E-state index contributed by atoms with van der Waals surface area (Å²) in [6, 6.07) is 1.93. The highest BCUT2D eigenvalue weighted by Crippen LogP contribution is 2.26. The summed E-state index contributed by atoms with van der Waals surface area (Å²) in [5.41, 5.74) is 0. The van der Waals surface area contributed by atoms with Gasteiger partial charge >= 0.3 is 0 Å². The van der Waals surface area contributed by atoms with Gasteiger partial charge in [-0.2, -0.15) is 0 Å². The summed E-state index contributed by atoms with van der Waals surface area (Å²) in [5.74, 6) is 1.68. The molecule has 4 saturated heterocycles. The summed E-state index contributed by atoms with van der Waals surface area (Å²) in [7, 11) is -3.98. The molecule has 4 rings (SSSR count). The maximum absolute atomic E-state index is 12.3. The Morgan fingerprint density at radius 2 is 1.27 bits per heavy atom. The molecule has 0 radical (unpaired) electrons. The van der Waals surface area contributed by atoms with Crippen LogP contribution >= 0.6 is 0 Å². The fourth-order valence-corrected chi connectivity index (χ4v) is 10.6. The van der Waals surface area contributed by atoms with Crippen molar-refractivity contribution in [3.05, 3.63) is 0 Å². The van der Waals surface area contributed by atoms with Crippen molar-refractivity contribution in [2.75, 3.05) is 98.7 Å². The van der Waals surface area contributed by atoms with E-state index >= 15 is 0 Å². The van der Waals surface area contributed by atoms with Crippen molar-refractivity contribution >= 4 is 20.0 Å². The van der Waals surface area contributed by atoms with E-state index in [0.717, 1.165) is 69.9 Å². The minimum Gasteiger partial charge on any atom is -0.304 e. The molecular formula is C39H83N7O4S2. The molecule has 2 atom stereocenters. The van der Waals surface area contributed by atoms with E-state index in [1.165, 1.54) is 71.4 Å². The van der Waals surface area contributed by atoms with Gasteiger partial charge in [-0.1, -0.05) is 13.8 Å². The van der Waals surface area contributed by atoms with Crippen molar-refractivity contribution in [3.8, 4) is 0 Å². The molecule has 1 N–H and O–H groups in total. The molecule has 13 heteroatoms. The molecule has 52 heavy (non-hydrogen) atoms. The van der Waals surface area contributed by atoms with Crippen molar-refractivity contribution in [1.29, 1.82) is 0 Å². The second-order valence-electron chi connectivity index (χ2n) is 17.1. The molecule has 0 aromatic rings. The van der Waals surface area contributed by atoms with Crippen molar-refractivity contribution < 1.29 is 18.3 Å². The number of rotatable bonds is 17. The first-order valence-electron chi connectivity index (χ1n) is 21.2. The first-order valence-corrected chi connectivity index (χ1v) is 24.2. The lowest BCUT2D eigenvalue weighted by atomic mass is 9.93. The second-order valence-corrected chi connectivity index (χ2v) is 21.8. The van der Waals surface area contributed by atoms with Gasteiger partial charge in [-0.25, -0.2) is 25.9 Å². The predicted molar refractivity (Wildman–Crippen MR) is 221 cm³/mol. The Hall–Kier alpha value is -0.380. The van der Waals surface area contributed by atoms with E-state index < -0.39 is 20.0 Å². The zero-order chi connectivity index (χ0) is 38.5. The Bertz CT molecular complexity index is 1200. The van der Waals surface area contributed by atoms with Gasteiger partial charge in [-0.05, 0) is 151 Å². The first-order chi connectivity index (χ1) is 24.6. The van der Waals surface area contributed by atoms with Crippen LogP contribution in [0.5, 0.6) is 0 Å². The van der Waals surface area contributed by atoms with E-state index in [1.54, 1.807) is 25.1 Å². The van der Waals surface area contributed by atoms with Crippen LogP contribution in [-0.4, -0.2) is 173 Å². The maximum atomic E-state index is 12.3. The molecule has 4 fully saturated rings. The molecule has 0 spiro atoms. The van der Waals surface area contributed by atoms with E-state index in [4.69, 9.17) is 0 Å². The topological polar surface area (TPSA) is 99.8 Å². The third-order valence-electron chi connectivity index (χ3n) is 12.9. The van der Waals surface area contributed by atoms with Crippen LogP contribution in [0.4, 0.5) is 0 Å². The van der Waals surface area contributed by atoms with E-state index in [1.807, 2.05) is 6.92 Å². The van der Waals surface area contributed by atoms with Crippen LogP contribution in [0.2, 0.25) is 0 Å². The predicted octanol–water partition coefficient (Wildman–Crippen LogP) is 4.71. The summed E-state index contributed by atoms with van der Waals surface area (Å²) in [6.45, 7) is 31.3. The van der Waals surface area contributed by atoms with Crippen LogP contribution in [0.1, 0.15) is 115 Å². The van der Waals surface area contributed by atoms with Gasteiger partial charge < -0.3 is 24.5 Å². The summed E-state index contributed by atoms with van der Waals surface area (Å²) in [4.78, 5) is 12.9. The average molecular weight is 778 g/mol. The maximum Gasteiger partial charge on any atom is 0.216 e. The van der Waals surface area contributed by atoms with Gasteiger partial charge in [-0.3, -0.25) is 0 Å². The van der Waals surface area contributed by atoms with Crippen LogP contribution in [0, 0.1) is 11.8 Å². The molecule has 0 bridgehead atoms. The number of likely N-dealkylation sites (tertiary alicyclic amines) is 2. The van der Waals surface area contributed by atoms with E-state index in [0.29, 0.717) is 38.1 Å². The molecule has 0 aliphatic carbocycles. The average Bonchev–Trinajstić information content (AvgIpc) is 3.14. The molecule has 4 aliphatic rings. The highest BCUT2D eigenvalue weighted by molar-refractivity contribution is 7.90. The van der Waals surface area contributed by atoms with E-state index in [9.17, 15) is 16.8 Å². The first kappa shape index (κ1) is 46.0.